The SMILES string of the molecule is O=Cc1ccc2c(c1)N=C(c1ccccc1)c1ccccc1S2. The number of hydrogen-bond donors (Lipinski definition) is 0. The van der Waals surface area contributed by atoms with E-state index in [4.69, 9.17) is 4.99 Å². The van der Waals surface area contributed by atoms with Gasteiger partial charge in [-0.05, 0) is 18.2 Å². The first kappa shape index (κ1) is 14.0. The first-order chi connectivity index (χ1) is 11.3. The maximum Gasteiger partial charge on any atom is 0.150 e. The fraction of sp³-hybridized carbons (Fsp3) is 0. The second kappa shape index (κ2) is 5.86. The molecule has 0 aromatic heterocycles. The molecule has 0 amide bonds. The van der Waals surface area contributed by atoms with E-state index in [-0.39, 0.29) is 0 Å². The molecule has 0 fully saturated rings. The zero-order valence-electron chi connectivity index (χ0n) is 12.3. The molecule has 3 heteroatoms. The average Bonchev–Trinajstić information content (AvgIpc) is 2.78. The largest absolute Gasteiger partial charge is 0.298 e. The number of carbonyl (C=O) groups is 1. The molecule has 0 saturated heterocycles. The van der Waals surface area contributed by atoms with Crippen molar-refractivity contribution < 1.29 is 4.79 Å². The molecule has 110 valence electrons. The highest BCUT2D eigenvalue weighted by Crippen LogP contribution is 2.41. The van der Waals surface area contributed by atoms with Crippen LogP contribution in [0.3, 0.4) is 0 Å². The van der Waals surface area contributed by atoms with Crippen molar-refractivity contribution in [1.82, 2.24) is 0 Å². The highest BCUT2D eigenvalue weighted by atomic mass is 32.2. The van der Waals surface area contributed by atoms with Crippen molar-refractivity contribution in [1.29, 1.82) is 0 Å². The van der Waals surface area contributed by atoms with E-state index in [1.165, 1.54) is 4.90 Å². The van der Waals surface area contributed by atoms with Gasteiger partial charge < -0.3 is 0 Å². The van der Waals surface area contributed by atoms with E-state index >= 15 is 0 Å². The molecule has 4 rings (SSSR count). The van der Waals surface area contributed by atoms with Gasteiger partial charge in [0.1, 0.15) is 6.29 Å². The van der Waals surface area contributed by atoms with Gasteiger partial charge in [-0.15, -0.1) is 0 Å². The molecule has 0 radical (unpaired) electrons. The molecule has 0 unspecified atom stereocenters. The quantitative estimate of drug-likeness (QED) is 0.480. The maximum absolute atomic E-state index is 11.1. The van der Waals surface area contributed by atoms with Gasteiger partial charge in [0, 0.05) is 26.5 Å². The molecule has 0 N–H and O–H groups in total. The van der Waals surface area contributed by atoms with Gasteiger partial charge in [-0.1, -0.05) is 66.4 Å². The summed E-state index contributed by atoms with van der Waals surface area (Å²) in [5, 5.41) is 0. The van der Waals surface area contributed by atoms with Crippen LogP contribution in [0.2, 0.25) is 0 Å². The normalized spacial score (nSPS) is 12.6. The van der Waals surface area contributed by atoms with E-state index in [9.17, 15) is 4.79 Å². The fourth-order valence-corrected chi connectivity index (χ4v) is 3.65. The summed E-state index contributed by atoms with van der Waals surface area (Å²) in [6.45, 7) is 0. The lowest BCUT2D eigenvalue weighted by molar-refractivity contribution is 0.112. The zero-order chi connectivity index (χ0) is 15.6. The van der Waals surface area contributed by atoms with Crippen molar-refractivity contribution in [3.05, 3.63) is 89.5 Å². The molecule has 3 aromatic rings. The summed E-state index contributed by atoms with van der Waals surface area (Å²) in [6, 6.07) is 24.1. The molecule has 3 aromatic carbocycles. The molecule has 1 aliphatic rings. The van der Waals surface area contributed by atoms with Crippen LogP contribution < -0.4 is 0 Å². The van der Waals surface area contributed by atoms with Crippen molar-refractivity contribution >= 4 is 29.4 Å². The highest BCUT2D eigenvalue weighted by molar-refractivity contribution is 7.99. The minimum atomic E-state index is 0.645. The van der Waals surface area contributed by atoms with Crippen molar-refractivity contribution in [3.63, 3.8) is 0 Å². The minimum Gasteiger partial charge on any atom is -0.298 e. The number of benzene rings is 3. The van der Waals surface area contributed by atoms with Crippen LogP contribution in [0, 0.1) is 0 Å². The Morgan fingerprint density at radius 2 is 1.61 bits per heavy atom. The molecule has 0 bridgehead atoms. The lowest BCUT2D eigenvalue weighted by atomic mass is 10.0. The fourth-order valence-electron chi connectivity index (χ4n) is 2.65. The van der Waals surface area contributed by atoms with Gasteiger partial charge in [0.15, 0.2) is 0 Å². The predicted octanol–water partition coefficient (Wildman–Crippen LogP) is 5.13. The first-order valence-electron chi connectivity index (χ1n) is 7.36. The monoisotopic (exact) mass is 315 g/mol. The second-order valence-electron chi connectivity index (χ2n) is 5.27. The van der Waals surface area contributed by atoms with Gasteiger partial charge in [-0.2, -0.15) is 0 Å². The molecular weight excluding hydrogens is 302 g/mol. The molecule has 1 aliphatic heterocycles. The summed E-state index contributed by atoms with van der Waals surface area (Å²) >= 11 is 1.69. The number of aldehydes is 1. The minimum absolute atomic E-state index is 0.645. The maximum atomic E-state index is 11.1. The molecule has 0 aliphatic carbocycles. The summed E-state index contributed by atoms with van der Waals surface area (Å²) in [4.78, 5) is 18.2. The number of aliphatic imine (C=N–C) groups is 1. The van der Waals surface area contributed by atoms with Crippen molar-refractivity contribution in [3.8, 4) is 0 Å². The van der Waals surface area contributed by atoms with Crippen LogP contribution in [-0.2, 0) is 0 Å². The van der Waals surface area contributed by atoms with Gasteiger partial charge in [-0.3, -0.25) is 4.79 Å². The van der Waals surface area contributed by atoms with E-state index in [1.54, 1.807) is 11.8 Å². The molecule has 0 saturated carbocycles. The third-order valence-corrected chi connectivity index (χ3v) is 4.90. The Morgan fingerprint density at radius 3 is 2.43 bits per heavy atom. The third-order valence-electron chi connectivity index (χ3n) is 3.76. The van der Waals surface area contributed by atoms with Crippen molar-refractivity contribution in [2.45, 2.75) is 9.79 Å². The van der Waals surface area contributed by atoms with E-state index in [0.29, 0.717) is 5.56 Å². The lowest BCUT2D eigenvalue weighted by Crippen LogP contribution is -2.03. The van der Waals surface area contributed by atoms with Crippen LogP contribution in [0.4, 0.5) is 5.69 Å². The Hall–Kier alpha value is -2.65. The molecule has 1 heterocycles. The van der Waals surface area contributed by atoms with Gasteiger partial charge in [0.05, 0.1) is 11.4 Å². The van der Waals surface area contributed by atoms with E-state index < -0.39 is 0 Å². The smallest absolute Gasteiger partial charge is 0.150 e. The number of hydrogen-bond acceptors (Lipinski definition) is 3. The summed E-state index contributed by atoms with van der Waals surface area (Å²) in [7, 11) is 0. The summed E-state index contributed by atoms with van der Waals surface area (Å²) < 4.78 is 0. The Balaban J connectivity index is 1.99. The molecule has 0 spiro atoms. The second-order valence-corrected chi connectivity index (χ2v) is 6.35. The number of nitrogens with zero attached hydrogens (tertiary/aromatic N) is 1. The van der Waals surface area contributed by atoms with Crippen molar-refractivity contribution in [2.24, 2.45) is 4.99 Å². The zero-order valence-corrected chi connectivity index (χ0v) is 13.1. The van der Waals surface area contributed by atoms with Crippen molar-refractivity contribution in [2.75, 3.05) is 0 Å². The number of rotatable bonds is 2. The van der Waals surface area contributed by atoms with E-state index in [2.05, 4.69) is 24.3 Å². The van der Waals surface area contributed by atoms with Crippen LogP contribution in [0.5, 0.6) is 0 Å². The van der Waals surface area contributed by atoms with Crippen LogP contribution in [0.25, 0.3) is 0 Å². The van der Waals surface area contributed by atoms with Crippen LogP contribution in [-0.4, -0.2) is 12.0 Å². The van der Waals surface area contributed by atoms with Gasteiger partial charge in [-0.25, -0.2) is 4.99 Å². The topological polar surface area (TPSA) is 29.4 Å². The number of carbonyl (C=O) groups excluding carboxylic acids is 1. The third kappa shape index (κ3) is 2.60. The Bertz CT molecular complexity index is 916. The predicted molar refractivity (Wildman–Crippen MR) is 94.1 cm³/mol. The summed E-state index contributed by atoms with van der Waals surface area (Å²) in [5.74, 6) is 0. The highest BCUT2D eigenvalue weighted by Gasteiger charge is 2.18. The molecule has 23 heavy (non-hydrogen) atoms. The average molecular weight is 315 g/mol. The Kier molecular flexibility index (Phi) is 3.56. The van der Waals surface area contributed by atoms with Gasteiger partial charge in [0.2, 0.25) is 0 Å². The number of fused-ring (bicyclic) bond motifs is 2. The van der Waals surface area contributed by atoms with Gasteiger partial charge in [0.25, 0.3) is 0 Å². The standard InChI is InChI=1S/C20H13NOS/c22-13-14-10-11-19-17(12-14)21-20(15-6-2-1-3-7-15)16-8-4-5-9-18(16)23-19/h1-13H. The Morgan fingerprint density at radius 1 is 0.826 bits per heavy atom. The molecule has 0 atom stereocenters. The molecular formula is C20H13NOS. The van der Waals surface area contributed by atoms with E-state index in [0.717, 1.165) is 33.7 Å². The summed E-state index contributed by atoms with van der Waals surface area (Å²) in [5.41, 5.74) is 4.62. The van der Waals surface area contributed by atoms with Crippen LogP contribution in [0.1, 0.15) is 21.5 Å². The van der Waals surface area contributed by atoms with Gasteiger partial charge >= 0.3 is 0 Å². The van der Waals surface area contributed by atoms with Crippen LogP contribution >= 0.6 is 11.8 Å². The van der Waals surface area contributed by atoms with E-state index in [1.807, 2.05) is 48.5 Å². The first-order valence-corrected chi connectivity index (χ1v) is 8.17. The Labute approximate surface area is 138 Å². The molecule has 2 nitrogen and oxygen atoms in total. The van der Waals surface area contributed by atoms with Crippen LogP contribution in [0.15, 0.2) is 87.6 Å². The summed E-state index contributed by atoms with van der Waals surface area (Å²) in [6.07, 6.45) is 0.862. The lowest BCUT2D eigenvalue weighted by Gasteiger charge is -2.08.